The van der Waals surface area contributed by atoms with Crippen LogP contribution in [0.4, 0.5) is 5.69 Å². The molecule has 1 aliphatic rings. The van der Waals surface area contributed by atoms with Crippen molar-refractivity contribution in [3.8, 4) is 0 Å². The third-order valence-corrected chi connectivity index (χ3v) is 3.75. The maximum Gasteiger partial charge on any atom is 0.161 e. The molecule has 1 heterocycles. The third-order valence-electron chi connectivity index (χ3n) is 3.75. The highest BCUT2D eigenvalue weighted by Gasteiger charge is 2.24. The second-order valence-electron chi connectivity index (χ2n) is 5.46. The smallest absolute Gasteiger partial charge is 0.161 e. The molecule has 0 saturated carbocycles. The van der Waals surface area contributed by atoms with Crippen LogP contribution < -0.4 is 5.32 Å². The molecular formula is C17H19N3O. The van der Waals surface area contributed by atoms with E-state index in [2.05, 4.69) is 28.6 Å². The van der Waals surface area contributed by atoms with Crippen LogP contribution >= 0.6 is 0 Å². The van der Waals surface area contributed by atoms with E-state index < -0.39 is 0 Å². The van der Waals surface area contributed by atoms with Gasteiger partial charge in [-0.15, -0.1) is 0 Å². The number of benzene rings is 1. The summed E-state index contributed by atoms with van der Waals surface area (Å²) in [6.07, 6.45) is 8.51. The SMILES string of the molecule is CC1C=CCC(Nc2cnn(Cc3ccccc3)c2)C1=O. The number of carbonyl (C=O) groups excluding carboxylic acids is 1. The van der Waals surface area contributed by atoms with Crippen LogP contribution in [0, 0.1) is 5.92 Å². The summed E-state index contributed by atoms with van der Waals surface area (Å²) < 4.78 is 1.88. The minimum absolute atomic E-state index is 0.00406. The van der Waals surface area contributed by atoms with E-state index >= 15 is 0 Å². The predicted molar refractivity (Wildman–Crippen MR) is 83.1 cm³/mol. The molecule has 1 N–H and O–H groups in total. The van der Waals surface area contributed by atoms with E-state index in [0.29, 0.717) is 0 Å². The molecule has 0 spiro atoms. The normalized spacial score (nSPS) is 21.5. The van der Waals surface area contributed by atoms with E-state index in [1.54, 1.807) is 6.20 Å². The lowest BCUT2D eigenvalue weighted by molar-refractivity contribution is -0.122. The Morgan fingerprint density at radius 2 is 2.14 bits per heavy atom. The summed E-state index contributed by atoms with van der Waals surface area (Å²) in [5.74, 6) is 0.240. The van der Waals surface area contributed by atoms with Crippen molar-refractivity contribution in [1.82, 2.24) is 9.78 Å². The van der Waals surface area contributed by atoms with Crippen molar-refractivity contribution in [2.75, 3.05) is 5.32 Å². The lowest BCUT2D eigenvalue weighted by Crippen LogP contribution is -2.34. The number of aromatic nitrogens is 2. The average molecular weight is 281 g/mol. The molecule has 1 aliphatic carbocycles. The largest absolute Gasteiger partial charge is 0.372 e. The third kappa shape index (κ3) is 3.21. The number of rotatable bonds is 4. The molecule has 2 unspecified atom stereocenters. The van der Waals surface area contributed by atoms with Gasteiger partial charge in [0.15, 0.2) is 5.78 Å². The van der Waals surface area contributed by atoms with E-state index in [1.807, 2.05) is 42.1 Å². The van der Waals surface area contributed by atoms with Crippen LogP contribution in [0.1, 0.15) is 18.9 Å². The van der Waals surface area contributed by atoms with E-state index in [0.717, 1.165) is 18.7 Å². The Kier molecular flexibility index (Phi) is 3.86. The fraction of sp³-hybridized carbons (Fsp3) is 0.294. The molecule has 4 heteroatoms. The van der Waals surface area contributed by atoms with Gasteiger partial charge in [-0.1, -0.05) is 49.4 Å². The number of allylic oxidation sites excluding steroid dienone is 1. The van der Waals surface area contributed by atoms with Gasteiger partial charge in [-0.3, -0.25) is 9.48 Å². The second kappa shape index (κ2) is 5.95. The molecule has 3 rings (SSSR count). The second-order valence-corrected chi connectivity index (χ2v) is 5.46. The molecule has 1 aromatic carbocycles. The molecule has 2 aromatic rings. The van der Waals surface area contributed by atoms with Gasteiger partial charge in [-0.2, -0.15) is 5.10 Å². The van der Waals surface area contributed by atoms with Gasteiger partial charge < -0.3 is 5.32 Å². The Hall–Kier alpha value is -2.36. The highest BCUT2D eigenvalue weighted by molar-refractivity contribution is 5.90. The van der Waals surface area contributed by atoms with E-state index in [1.165, 1.54) is 5.56 Å². The van der Waals surface area contributed by atoms with Crippen molar-refractivity contribution in [2.45, 2.75) is 25.9 Å². The molecule has 0 aliphatic heterocycles. The Morgan fingerprint density at radius 1 is 1.33 bits per heavy atom. The van der Waals surface area contributed by atoms with Crippen molar-refractivity contribution >= 4 is 11.5 Å². The summed E-state index contributed by atoms with van der Waals surface area (Å²) in [5.41, 5.74) is 2.10. The van der Waals surface area contributed by atoms with Gasteiger partial charge >= 0.3 is 0 Å². The maximum absolute atomic E-state index is 12.1. The van der Waals surface area contributed by atoms with Crippen LogP contribution in [0.15, 0.2) is 54.9 Å². The van der Waals surface area contributed by atoms with Crippen molar-refractivity contribution in [1.29, 1.82) is 0 Å². The highest BCUT2D eigenvalue weighted by Crippen LogP contribution is 2.18. The molecule has 1 aromatic heterocycles. The van der Waals surface area contributed by atoms with E-state index in [4.69, 9.17) is 0 Å². The Morgan fingerprint density at radius 3 is 2.95 bits per heavy atom. The highest BCUT2D eigenvalue weighted by atomic mass is 16.1. The van der Waals surface area contributed by atoms with Crippen molar-refractivity contribution < 1.29 is 4.79 Å². The fourth-order valence-corrected chi connectivity index (χ4v) is 2.57. The quantitative estimate of drug-likeness (QED) is 0.877. The lowest BCUT2D eigenvalue weighted by atomic mass is 9.92. The number of nitrogens with one attached hydrogen (secondary N) is 1. The first-order valence-corrected chi connectivity index (χ1v) is 7.25. The average Bonchev–Trinajstić information content (AvgIpc) is 2.92. The first-order valence-electron chi connectivity index (χ1n) is 7.25. The zero-order valence-corrected chi connectivity index (χ0v) is 12.1. The Balaban J connectivity index is 1.65. The van der Waals surface area contributed by atoms with Gasteiger partial charge in [-0.05, 0) is 12.0 Å². The molecular weight excluding hydrogens is 262 g/mol. The molecule has 2 atom stereocenters. The minimum atomic E-state index is -0.139. The van der Waals surface area contributed by atoms with Gasteiger partial charge in [0.25, 0.3) is 0 Å². The molecule has 21 heavy (non-hydrogen) atoms. The maximum atomic E-state index is 12.1. The minimum Gasteiger partial charge on any atom is -0.372 e. The number of hydrogen-bond acceptors (Lipinski definition) is 3. The summed E-state index contributed by atoms with van der Waals surface area (Å²) in [5, 5.41) is 7.63. The number of nitrogens with zero attached hydrogens (tertiary/aromatic N) is 2. The van der Waals surface area contributed by atoms with Crippen molar-refractivity contribution in [2.24, 2.45) is 5.92 Å². The summed E-state index contributed by atoms with van der Waals surface area (Å²) in [6.45, 7) is 2.67. The fourth-order valence-electron chi connectivity index (χ4n) is 2.57. The van der Waals surface area contributed by atoms with Gasteiger partial charge in [0.05, 0.1) is 24.5 Å². The molecule has 0 saturated heterocycles. The van der Waals surface area contributed by atoms with Gasteiger partial charge in [0, 0.05) is 12.1 Å². The zero-order chi connectivity index (χ0) is 14.7. The summed E-state index contributed by atoms with van der Waals surface area (Å²) >= 11 is 0. The van der Waals surface area contributed by atoms with E-state index in [9.17, 15) is 4.79 Å². The van der Waals surface area contributed by atoms with Crippen LogP contribution in [-0.4, -0.2) is 21.6 Å². The summed E-state index contributed by atoms with van der Waals surface area (Å²) in [7, 11) is 0. The predicted octanol–water partition coefficient (Wildman–Crippen LogP) is 2.88. The van der Waals surface area contributed by atoms with Crippen molar-refractivity contribution in [3.63, 3.8) is 0 Å². The van der Waals surface area contributed by atoms with Crippen LogP contribution in [-0.2, 0) is 11.3 Å². The lowest BCUT2D eigenvalue weighted by Gasteiger charge is -2.22. The van der Waals surface area contributed by atoms with Crippen LogP contribution in [0.3, 0.4) is 0 Å². The summed E-state index contributed by atoms with van der Waals surface area (Å²) in [4.78, 5) is 12.1. The molecule has 108 valence electrons. The molecule has 0 radical (unpaired) electrons. The Labute approximate surface area is 124 Å². The van der Waals surface area contributed by atoms with Gasteiger partial charge in [0.2, 0.25) is 0 Å². The van der Waals surface area contributed by atoms with Crippen LogP contribution in [0.25, 0.3) is 0 Å². The van der Waals surface area contributed by atoms with Gasteiger partial charge in [-0.25, -0.2) is 0 Å². The monoisotopic (exact) mass is 281 g/mol. The van der Waals surface area contributed by atoms with Gasteiger partial charge in [0.1, 0.15) is 0 Å². The molecule has 0 amide bonds. The number of anilines is 1. The van der Waals surface area contributed by atoms with E-state index in [-0.39, 0.29) is 17.7 Å². The number of Topliss-reactive ketones (excluding diaryl/α,β-unsaturated/α-hetero) is 1. The Bertz CT molecular complexity index is 645. The molecule has 0 fully saturated rings. The zero-order valence-electron chi connectivity index (χ0n) is 12.1. The standard InChI is InChI=1S/C17H19N3O/c1-13-6-5-9-16(17(13)21)19-15-10-18-20(12-15)11-14-7-3-2-4-8-14/h2-8,10,12-13,16,19H,9,11H2,1H3. The number of ketones is 1. The molecule has 4 nitrogen and oxygen atoms in total. The van der Waals surface area contributed by atoms with Crippen LogP contribution in [0.5, 0.6) is 0 Å². The topological polar surface area (TPSA) is 46.9 Å². The van der Waals surface area contributed by atoms with Crippen LogP contribution in [0.2, 0.25) is 0 Å². The molecule has 0 bridgehead atoms. The number of hydrogen-bond donors (Lipinski definition) is 1. The summed E-state index contributed by atoms with van der Waals surface area (Å²) in [6, 6.07) is 10.1. The van der Waals surface area contributed by atoms with Crippen molar-refractivity contribution in [3.05, 3.63) is 60.4 Å². The first kappa shape index (κ1) is 13.6. The first-order chi connectivity index (χ1) is 10.2. The number of carbonyl (C=O) groups is 1.